The third kappa shape index (κ3) is 2.74. The summed E-state index contributed by atoms with van der Waals surface area (Å²) < 4.78 is 0. The van der Waals surface area contributed by atoms with Gasteiger partial charge >= 0.3 is 0 Å². The zero-order valence-corrected chi connectivity index (χ0v) is 12.9. The highest BCUT2D eigenvalue weighted by molar-refractivity contribution is 6.17. The minimum absolute atomic E-state index is 0.159. The first-order valence-electron chi connectivity index (χ1n) is 7.95. The van der Waals surface area contributed by atoms with Crippen molar-refractivity contribution in [3.8, 4) is 0 Å². The minimum atomic E-state index is -0.359. The van der Waals surface area contributed by atoms with E-state index in [1.165, 1.54) is 5.56 Å². The average molecular weight is 291 g/mol. The molecule has 2 heteroatoms. The molecule has 0 amide bonds. The zero-order chi connectivity index (χ0) is 15.5. The summed E-state index contributed by atoms with van der Waals surface area (Å²) in [6, 6.07) is 18.1. The second-order valence-electron chi connectivity index (χ2n) is 6.02. The van der Waals surface area contributed by atoms with Crippen molar-refractivity contribution >= 4 is 11.5 Å². The Morgan fingerprint density at radius 2 is 1.77 bits per heavy atom. The molecule has 0 aromatic heterocycles. The van der Waals surface area contributed by atoms with Crippen LogP contribution in [0.5, 0.6) is 0 Å². The lowest BCUT2D eigenvalue weighted by Crippen LogP contribution is -2.14. The molecular formula is C20H21NO. The maximum Gasteiger partial charge on any atom is 0.153 e. The zero-order valence-electron chi connectivity index (χ0n) is 12.9. The summed E-state index contributed by atoms with van der Waals surface area (Å²) in [4.78, 5) is 12.8. The SMILES string of the molecule is CCCc1cccc(C2C(=N)CC(c3ccccc3)C2=O)c1. The number of carbonyl (C=O) groups excluding carboxylic acids is 1. The van der Waals surface area contributed by atoms with Crippen LogP contribution in [-0.2, 0) is 11.2 Å². The molecule has 2 aromatic carbocycles. The van der Waals surface area contributed by atoms with Crippen molar-refractivity contribution in [1.82, 2.24) is 0 Å². The summed E-state index contributed by atoms with van der Waals surface area (Å²) >= 11 is 0. The molecule has 0 spiro atoms. The lowest BCUT2D eigenvalue weighted by atomic mass is 9.90. The highest BCUT2D eigenvalue weighted by Gasteiger charge is 2.40. The Morgan fingerprint density at radius 1 is 1.05 bits per heavy atom. The van der Waals surface area contributed by atoms with Gasteiger partial charge in [-0.25, -0.2) is 0 Å². The van der Waals surface area contributed by atoms with E-state index in [1.807, 2.05) is 42.5 Å². The predicted octanol–water partition coefficient (Wildman–Crippen LogP) is 4.50. The topological polar surface area (TPSA) is 40.9 Å². The standard InChI is InChI=1S/C20H21NO/c1-2-7-14-8-6-11-16(12-14)19-18(21)13-17(20(19)22)15-9-4-3-5-10-15/h3-6,8-12,17,19,21H,2,7,13H2,1H3. The van der Waals surface area contributed by atoms with Crippen molar-refractivity contribution in [2.45, 2.75) is 38.0 Å². The number of benzene rings is 2. The quantitative estimate of drug-likeness (QED) is 0.885. The fraction of sp³-hybridized carbons (Fsp3) is 0.300. The molecule has 0 bridgehead atoms. The third-order valence-corrected chi connectivity index (χ3v) is 4.43. The molecule has 1 fully saturated rings. The van der Waals surface area contributed by atoms with Crippen LogP contribution < -0.4 is 0 Å². The Bertz CT molecular complexity index is 690. The van der Waals surface area contributed by atoms with Crippen LogP contribution in [0, 0.1) is 5.41 Å². The van der Waals surface area contributed by atoms with Crippen molar-refractivity contribution in [2.24, 2.45) is 0 Å². The van der Waals surface area contributed by atoms with E-state index in [0.717, 1.165) is 24.0 Å². The molecule has 2 atom stereocenters. The van der Waals surface area contributed by atoms with E-state index in [9.17, 15) is 4.79 Å². The maximum atomic E-state index is 12.8. The Labute approximate surface area is 131 Å². The third-order valence-electron chi connectivity index (χ3n) is 4.43. The number of hydrogen-bond acceptors (Lipinski definition) is 2. The summed E-state index contributed by atoms with van der Waals surface area (Å²) in [5.74, 6) is -0.347. The Morgan fingerprint density at radius 3 is 2.50 bits per heavy atom. The van der Waals surface area contributed by atoms with Crippen LogP contribution in [-0.4, -0.2) is 11.5 Å². The first-order chi connectivity index (χ1) is 10.7. The Balaban J connectivity index is 1.90. The second-order valence-corrected chi connectivity index (χ2v) is 6.02. The molecule has 1 aliphatic rings. The first kappa shape index (κ1) is 14.7. The summed E-state index contributed by atoms with van der Waals surface area (Å²) in [7, 11) is 0. The summed E-state index contributed by atoms with van der Waals surface area (Å²) in [5.41, 5.74) is 3.82. The van der Waals surface area contributed by atoms with Crippen molar-refractivity contribution in [3.63, 3.8) is 0 Å². The lowest BCUT2D eigenvalue weighted by Gasteiger charge is -2.12. The van der Waals surface area contributed by atoms with Crippen LogP contribution in [0.15, 0.2) is 54.6 Å². The van der Waals surface area contributed by atoms with Gasteiger partial charge < -0.3 is 5.41 Å². The smallest absolute Gasteiger partial charge is 0.153 e. The molecular weight excluding hydrogens is 270 g/mol. The van der Waals surface area contributed by atoms with Crippen LogP contribution in [0.2, 0.25) is 0 Å². The average Bonchev–Trinajstić information content (AvgIpc) is 2.84. The number of carbonyl (C=O) groups is 1. The van der Waals surface area contributed by atoms with E-state index in [0.29, 0.717) is 12.1 Å². The van der Waals surface area contributed by atoms with E-state index in [4.69, 9.17) is 5.41 Å². The molecule has 1 aliphatic carbocycles. The molecule has 2 aromatic rings. The van der Waals surface area contributed by atoms with Gasteiger partial charge in [-0.15, -0.1) is 0 Å². The van der Waals surface area contributed by atoms with Crippen molar-refractivity contribution in [2.75, 3.05) is 0 Å². The predicted molar refractivity (Wildman–Crippen MR) is 89.7 cm³/mol. The summed E-state index contributed by atoms with van der Waals surface area (Å²) in [5, 5.41) is 8.31. The van der Waals surface area contributed by atoms with E-state index < -0.39 is 0 Å². The van der Waals surface area contributed by atoms with Gasteiger partial charge in [-0.2, -0.15) is 0 Å². The summed E-state index contributed by atoms with van der Waals surface area (Å²) in [6.45, 7) is 2.15. The molecule has 0 heterocycles. The van der Waals surface area contributed by atoms with Gasteiger partial charge in [0.15, 0.2) is 5.78 Å². The number of nitrogens with one attached hydrogen (secondary N) is 1. The van der Waals surface area contributed by atoms with Gasteiger partial charge in [-0.05, 0) is 29.5 Å². The van der Waals surface area contributed by atoms with E-state index in [-0.39, 0.29) is 17.6 Å². The van der Waals surface area contributed by atoms with Crippen molar-refractivity contribution in [3.05, 3.63) is 71.3 Å². The van der Waals surface area contributed by atoms with Crippen LogP contribution in [0.3, 0.4) is 0 Å². The van der Waals surface area contributed by atoms with Gasteiger partial charge in [-0.3, -0.25) is 4.79 Å². The molecule has 3 rings (SSSR count). The maximum absolute atomic E-state index is 12.8. The van der Waals surface area contributed by atoms with Crippen LogP contribution in [0.4, 0.5) is 0 Å². The van der Waals surface area contributed by atoms with Gasteiger partial charge in [-0.1, -0.05) is 67.9 Å². The van der Waals surface area contributed by atoms with E-state index in [2.05, 4.69) is 19.1 Å². The van der Waals surface area contributed by atoms with E-state index in [1.54, 1.807) is 0 Å². The van der Waals surface area contributed by atoms with Gasteiger partial charge in [0.1, 0.15) is 0 Å². The molecule has 1 N–H and O–H groups in total. The Kier molecular flexibility index (Phi) is 4.19. The molecule has 2 unspecified atom stereocenters. The Hall–Kier alpha value is -2.22. The van der Waals surface area contributed by atoms with Gasteiger partial charge in [0, 0.05) is 11.6 Å². The molecule has 0 radical (unpaired) electrons. The van der Waals surface area contributed by atoms with Gasteiger partial charge in [0.2, 0.25) is 0 Å². The van der Waals surface area contributed by atoms with Gasteiger partial charge in [0.05, 0.1) is 5.92 Å². The number of aryl methyl sites for hydroxylation is 1. The second kappa shape index (κ2) is 6.27. The highest BCUT2D eigenvalue weighted by atomic mass is 16.1. The number of hydrogen-bond donors (Lipinski definition) is 1. The fourth-order valence-electron chi connectivity index (χ4n) is 3.36. The largest absolute Gasteiger partial charge is 0.309 e. The monoisotopic (exact) mass is 291 g/mol. The van der Waals surface area contributed by atoms with Gasteiger partial charge in [0.25, 0.3) is 0 Å². The molecule has 1 saturated carbocycles. The number of ketones is 1. The van der Waals surface area contributed by atoms with Crippen molar-refractivity contribution in [1.29, 1.82) is 5.41 Å². The minimum Gasteiger partial charge on any atom is -0.309 e. The molecule has 2 nitrogen and oxygen atoms in total. The van der Waals surface area contributed by atoms with Crippen LogP contribution >= 0.6 is 0 Å². The first-order valence-corrected chi connectivity index (χ1v) is 7.95. The lowest BCUT2D eigenvalue weighted by molar-refractivity contribution is -0.119. The molecule has 22 heavy (non-hydrogen) atoms. The summed E-state index contributed by atoms with van der Waals surface area (Å²) in [6.07, 6.45) is 2.65. The normalized spacial score (nSPS) is 21.3. The highest BCUT2D eigenvalue weighted by Crippen LogP contribution is 2.38. The van der Waals surface area contributed by atoms with Crippen LogP contribution in [0.1, 0.15) is 48.3 Å². The molecule has 0 aliphatic heterocycles. The molecule has 112 valence electrons. The molecule has 0 saturated heterocycles. The number of rotatable bonds is 4. The fourth-order valence-corrected chi connectivity index (χ4v) is 3.36. The number of Topliss-reactive ketones (excluding diaryl/α,β-unsaturated/α-hetero) is 1. The van der Waals surface area contributed by atoms with E-state index >= 15 is 0 Å². The van der Waals surface area contributed by atoms with Crippen LogP contribution in [0.25, 0.3) is 0 Å². The van der Waals surface area contributed by atoms with Crippen molar-refractivity contribution < 1.29 is 4.79 Å².